The van der Waals surface area contributed by atoms with Gasteiger partial charge in [-0.1, -0.05) is 24.3 Å². The summed E-state index contributed by atoms with van der Waals surface area (Å²) < 4.78 is 1.08. The SMILES string of the molecule is O=C(O)c1nn(C(=O)Nc2cccnc2)c2ccc(-c3cccc(CN4CCCC4)c3)cc12. The van der Waals surface area contributed by atoms with Crippen LogP contribution in [0.2, 0.25) is 0 Å². The van der Waals surface area contributed by atoms with Gasteiger partial charge >= 0.3 is 12.0 Å². The van der Waals surface area contributed by atoms with Crippen molar-refractivity contribution in [2.24, 2.45) is 0 Å². The van der Waals surface area contributed by atoms with Gasteiger partial charge in [-0.2, -0.15) is 9.78 Å². The number of hydrogen-bond acceptors (Lipinski definition) is 5. The Hall–Kier alpha value is -4.04. The Labute approximate surface area is 190 Å². The fraction of sp³-hybridized carbons (Fsp3) is 0.200. The second-order valence-electron chi connectivity index (χ2n) is 8.15. The molecular weight excluding hydrogens is 418 g/mol. The summed E-state index contributed by atoms with van der Waals surface area (Å²) in [7, 11) is 0. The molecule has 0 radical (unpaired) electrons. The van der Waals surface area contributed by atoms with Crippen molar-refractivity contribution in [2.75, 3.05) is 18.4 Å². The van der Waals surface area contributed by atoms with Crippen molar-refractivity contribution in [1.29, 1.82) is 0 Å². The molecule has 1 amide bonds. The Morgan fingerprint density at radius 3 is 2.58 bits per heavy atom. The van der Waals surface area contributed by atoms with Crippen molar-refractivity contribution in [1.82, 2.24) is 19.7 Å². The molecule has 0 bridgehead atoms. The van der Waals surface area contributed by atoms with E-state index in [0.717, 1.165) is 35.4 Å². The maximum atomic E-state index is 12.8. The maximum Gasteiger partial charge on any atom is 0.357 e. The lowest BCUT2D eigenvalue weighted by Gasteiger charge is -2.15. The largest absolute Gasteiger partial charge is 0.476 e. The lowest BCUT2D eigenvalue weighted by atomic mass is 10.0. The van der Waals surface area contributed by atoms with Gasteiger partial charge < -0.3 is 10.4 Å². The molecule has 1 aliphatic heterocycles. The minimum atomic E-state index is -1.19. The van der Waals surface area contributed by atoms with Gasteiger partial charge in [0.25, 0.3) is 0 Å². The lowest BCUT2D eigenvalue weighted by Crippen LogP contribution is -2.21. The number of amides is 1. The summed E-state index contributed by atoms with van der Waals surface area (Å²) in [6.45, 7) is 3.15. The number of aromatic carboxylic acids is 1. The molecule has 4 aromatic rings. The molecule has 0 saturated carbocycles. The van der Waals surface area contributed by atoms with Gasteiger partial charge in [-0.25, -0.2) is 9.59 Å². The topological polar surface area (TPSA) is 100 Å². The van der Waals surface area contributed by atoms with E-state index in [1.165, 1.54) is 24.6 Å². The van der Waals surface area contributed by atoms with E-state index in [1.54, 1.807) is 30.5 Å². The van der Waals surface area contributed by atoms with E-state index >= 15 is 0 Å². The Morgan fingerprint density at radius 1 is 1.00 bits per heavy atom. The summed E-state index contributed by atoms with van der Waals surface area (Å²) in [4.78, 5) is 31.1. The molecule has 0 unspecified atom stereocenters. The second kappa shape index (κ2) is 8.84. The number of fused-ring (bicyclic) bond motifs is 1. The number of nitrogens with zero attached hydrogens (tertiary/aromatic N) is 4. The van der Waals surface area contributed by atoms with Crippen LogP contribution in [-0.4, -0.2) is 49.9 Å². The molecule has 0 atom stereocenters. The van der Waals surface area contributed by atoms with Crippen molar-refractivity contribution in [3.63, 3.8) is 0 Å². The summed E-state index contributed by atoms with van der Waals surface area (Å²) in [6.07, 6.45) is 5.59. The highest BCUT2D eigenvalue weighted by Gasteiger charge is 2.21. The molecule has 3 heterocycles. The number of carboxylic acid groups (broad SMARTS) is 1. The van der Waals surface area contributed by atoms with E-state index in [9.17, 15) is 14.7 Å². The highest BCUT2D eigenvalue weighted by atomic mass is 16.4. The monoisotopic (exact) mass is 441 g/mol. The van der Waals surface area contributed by atoms with Crippen LogP contribution in [0.4, 0.5) is 10.5 Å². The molecule has 1 saturated heterocycles. The number of hydrogen-bond donors (Lipinski definition) is 2. The van der Waals surface area contributed by atoms with Gasteiger partial charge in [0, 0.05) is 18.1 Å². The van der Waals surface area contributed by atoms with Crippen LogP contribution in [0.25, 0.3) is 22.0 Å². The number of carbonyl (C=O) groups is 2. The number of benzene rings is 2. The molecule has 1 fully saturated rings. The number of aromatic nitrogens is 3. The number of anilines is 1. The third-order valence-corrected chi connectivity index (χ3v) is 5.85. The molecule has 5 rings (SSSR count). The van der Waals surface area contributed by atoms with Crippen LogP contribution in [0.3, 0.4) is 0 Å². The Kier molecular flexibility index (Phi) is 5.58. The Balaban J connectivity index is 1.49. The quantitative estimate of drug-likeness (QED) is 0.474. The molecule has 8 nitrogen and oxygen atoms in total. The number of pyridine rings is 1. The Morgan fingerprint density at radius 2 is 1.82 bits per heavy atom. The third kappa shape index (κ3) is 4.33. The number of rotatable bonds is 5. The van der Waals surface area contributed by atoms with Crippen LogP contribution in [-0.2, 0) is 6.54 Å². The van der Waals surface area contributed by atoms with Crippen LogP contribution in [0.1, 0.15) is 28.9 Å². The first-order valence-corrected chi connectivity index (χ1v) is 10.9. The van der Waals surface area contributed by atoms with E-state index in [-0.39, 0.29) is 5.69 Å². The van der Waals surface area contributed by atoms with Crippen molar-refractivity contribution < 1.29 is 14.7 Å². The molecule has 2 aromatic carbocycles. The summed E-state index contributed by atoms with van der Waals surface area (Å²) in [5, 5.41) is 16.9. The first-order chi connectivity index (χ1) is 16.1. The normalized spacial score (nSPS) is 13.9. The van der Waals surface area contributed by atoms with Gasteiger partial charge in [-0.3, -0.25) is 9.88 Å². The van der Waals surface area contributed by atoms with E-state index in [1.807, 2.05) is 18.2 Å². The van der Waals surface area contributed by atoms with Gasteiger partial charge in [-0.15, -0.1) is 0 Å². The molecule has 0 spiro atoms. The zero-order chi connectivity index (χ0) is 22.8. The van der Waals surface area contributed by atoms with Gasteiger partial charge in [0.1, 0.15) is 0 Å². The average molecular weight is 441 g/mol. The predicted molar refractivity (Wildman–Crippen MR) is 125 cm³/mol. The fourth-order valence-corrected chi connectivity index (χ4v) is 4.27. The fourth-order valence-electron chi connectivity index (χ4n) is 4.27. The zero-order valence-corrected chi connectivity index (χ0v) is 17.9. The standard InChI is InChI=1S/C25H23N5O3/c31-24(32)23-21-14-19(18-6-3-5-17(13-18)16-29-11-1-2-12-29)8-9-22(21)30(28-23)25(33)27-20-7-4-10-26-15-20/h3-10,13-15H,1-2,11-12,16H2,(H,27,33)(H,31,32). The summed E-state index contributed by atoms with van der Waals surface area (Å²) in [5.74, 6) is -1.19. The van der Waals surface area contributed by atoms with Crippen LogP contribution < -0.4 is 5.32 Å². The summed E-state index contributed by atoms with van der Waals surface area (Å²) in [5.41, 5.74) is 3.85. The van der Waals surface area contributed by atoms with Gasteiger partial charge in [0.15, 0.2) is 5.69 Å². The minimum absolute atomic E-state index is 0.165. The molecule has 2 aromatic heterocycles. The van der Waals surface area contributed by atoms with Gasteiger partial charge in [0.2, 0.25) is 0 Å². The third-order valence-electron chi connectivity index (χ3n) is 5.85. The zero-order valence-electron chi connectivity index (χ0n) is 17.9. The van der Waals surface area contributed by atoms with Gasteiger partial charge in [-0.05, 0) is 73.0 Å². The van der Waals surface area contributed by atoms with Crippen LogP contribution in [0.15, 0.2) is 67.0 Å². The lowest BCUT2D eigenvalue weighted by molar-refractivity contribution is 0.0692. The molecule has 8 heteroatoms. The smallest absolute Gasteiger partial charge is 0.357 e. The van der Waals surface area contributed by atoms with E-state index in [0.29, 0.717) is 16.6 Å². The van der Waals surface area contributed by atoms with Crippen molar-refractivity contribution in [3.8, 4) is 11.1 Å². The highest BCUT2D eigenvalue weighted by molar-refractivity contribution is 6.06. The number of nitrogens with one attached hydrogen (secondary N) is 1. The Bertz CT molecular complexity index is 1330. The van der Waals surface area contributed by atoms with Crippen LogP contribution in [0, 0.1) is 0 Å². The van der Waals surface area contributed by atoms with Gasteiger partial charge in [0.05, 0.1) is 17.4 Å². The molecule has 166 valence electrons. The van der Waals surface area contributed by atoms with E-state index in [2.05, 4.69) is 32.4 Å². The number of carboxylic acids is 1. The maximum absolute atomic E-state index is 12.8. The predicted octanol–water partition coefficient (Wildman–Crippen LogP) is 4.47. The molecule has 0 aliphatic carbocycles. The number of likely N-dealkylation sites (tertiary alicyclic amines) is 1. The summed E-state index contributed by atoms with van der Waals surface area (Å²) in [6, 6.07) is 16.5. The minimum Gasteiger partial charge on any atom is -0.476 e. The van der Waals surface area contributed by atoms with Crippen molar-refractivity contribution in [2.45, 2.75) is 19.4 Å². The van der Waals surface area contributed by atoms with E-state index in [4.69, 9.17) is 0 Å². The second-order valence-corrected chi connectivity index (χ2v) is 8.15. The molecule has 33 heavy (non-hydrogen) atoms. The van der Waals surface area contributed by atoms with Crippen LogP contribution in [0.5, 0.6) is 0 Å². The van der Waals surface area contributed by atoms with Crippen molar-refractivity contribution >= 4 is 28.6 Å². The summed E-state index contributed by atoms with van der Waals surface area (Å²) >= 11 is 0. The molecular formula is C25H23N5O3. The van der Waals surface area contributed by atoms with Crippen molar-refractivity contribution in [3.05, 3.63) is 78.2 Å². The molecule has 2 N–H and O–H groups in total. The first kappa shape index (κ1) is 20.8. The number of carbonyl (C=O) groups excluding carboxylic acids is 1. The average Bonchev–Trinajstić information content (AvgIpc) is 3.47. The highest BCUT2D eigenvalue weighted by Crippen LogP contribution is 2.28. The van der Waals surface area contributed by atoms with E-state index < -0.39 is 12.0 Å². The first-order valence-electron chi connectivity index (χ1n) is 10.9. The van der Waals surface area contributed by atoms with Crippen LogP contribution >= 0.6 is 0 Å². The molecule has 1 aliphatic rings.